The number of pyridine rings is 1. The second kappa shape index (κ2) is 5.14. The van der Waals surface area contributed by atoms with Gasteiger partial charge in [0.15, 0.2) is 14.9 Å². The molecule has 0 aliphatic carbocycles. The normalized spacial score (nSPS) is 11.2. The maximum atomic E-state index is 11.5. The summed E-state index contributed by atoms with van der Waals surface area (Å²) in [7, 11) is -3.41. The van der Waals surface area contributed by atoms with Crippen LogP contribution in [0.1, 0.15) is 6.92 Å². The van der Waals surface area contributed by atoms with Crippen LogP contribution in [0.2, 0.25) is 0 Å². The lowest BCUT2D eigenvalue weighted by Gasteiger charge is -2.14. The largest absolute Gasteiger partial charge is 0.464 e. The van der Waals surface area contributed by atoms with Gasteiger partial charge in [-0.15, -0.1) is 0 Å². The van der Waals surface area contributed by atoms with Crippen molar-refractivity contribution in [3.05, 3.63) is 15.8 Å². The number of nitrogens with zero attached hydrogens (tertiary/aromatic N) is 2. The number of nitrogens with two attached hydrogens (primary N) is 1. The fourth-order valence-corrected chi connectivity index (χ4v) is 2.72. The number of amides is 1. The molecule has 0 spiro atoms. The van der Waals surface area contributed by atoms with Crippen molar-refractivity contribution in [2.45, 2.75) is 11.9 Å². The van der Waals surface area contributed by atoms with Gasteiger partial charge < -0.3 is 5.11 Å². The Morgan fingerprint density at radius 2 is 2.24 bits per heavy atom. The van der Waals surface area contributed by atoms with E-state index in [0.29, 0.717) is 8.58 Å². The van der Waals surface area contributed by atoms with Gasteiger partial charge in [0, 0.05) is 3.57 Å². The van der Waals surface area contributed by atoms with Crippen LogP contribution < -0.4 is 10.9 Å². The predicted octanol–water partition coefficient (Wildman–Crippen LogP) is 0.838. The first kappa shape index (κ1) is 14.1. The first-order valence-electron chi connectivity index (χ1n) is 4.45. The summed E-state index contributed by atoms with van der Waals surface area (Å²) in [4.78, 5) is 14.3. The predicted molar refractivity (Wildman–Crippen MR) is 69.4 cm³/mol. The van der Waals surface area contributed by atoms with E-state index in [1.807, 2.05) is 0 Å². The summed E-state index contributed by atoms with van der Waals surface area (Å²) in [6, 6.07) is 1.29. The number of carbonyl (C=O) groups is 1. The van der Waals surface area contributed by atoms with Crippen LogP contribution in [0, 0.1) is 3.57 Å². The number of rotatable bonds is 3. The van der Waals surface area contributed by atoms with Crippen molar-refractivity contribution in [2.24, 2.45) is 5.84 Å². The van der Waals surface area contributed by atoms with E-state index in [1.54, 1.807) is 22.6 Å². The van der Waals surface area contributed by atoms with E-state index >= 15 is 0 Å². The minimum Gasteiger partial charge on any atom is -0.464 e. The van der Waals surface area contributed by atoms with E-state index in [0.717, 1.165) is 6.20 Å². The molecule has 0 atom stereocenters. The fraction of sp³-hybridized carbons (Fsp3) is 0.250. The Kier molecular flexibility index (Phi) is 4.27. The summed E-state index contributed by atoms with van der Waals surface area (Å²) >= 11 is 1.80. The van der Waals surface area contributed by atoms with Crippen LogP contribution in [0.25, 0.3) is 0 Å². The Hall–Kier alpha value is -0.940. The number of hydrazine groups is 1. The second-order valence-corrected chi connectivity index (χ2v) is 6.42. The number of hydrogen-bond acceptors (Lipinski definition) is 5. The van der Waals surface area contributed by atoms with Gasteiger partial charge in [0.2, 0.25) is 0 Å². The van der Waals surface area contributed by atoms with Crippen LogP contribution in [-0.2, 0) is 9.84 Å². The quantitative estimate of drug-likeness (QED) is 0.352. The van der Waals surface area contributed by atoms with Crippen molar-refractivity contribution < 1.29 is 18.3 Å². The maximum absolute atomic E-state index is 11.5. The minimum absolute atomic E-state index is 0.0688. The van der Waals surface area contributed by atoms with Gasteiger partial charge in [-0.2, -0.15) is 0 Å². The lowest BCUT2D eigenvalue weighted by molar-refractivity contribution is 0.202. The van der Waals surface area contributed by atoms with E-state index in [-0.39, 0.29) is 16.5 Å². The zero-order chi connectivity index (χ0) is 13.2. The number of sulfone groups is 1. The molecule has 3 N–H and O–H groups in total. The summed E-state index contributed by atoms with van der Waals surface area (Å²) in [5.41, 5.74) is 0.133. The molecule has 17 heavy (non-hydrogen) atoms. The van der Waals surface area contributed by atoms with Gasteiger partial charge in [-0.3, -0.25) is 0 Å². The summed E-state index contributed by atoms with van der Waals surface area (Å²) in [5.74, 6) is 5.20. The topological polar surface area (TPSA) is 114 Å². The van der Waals surface area contributed by atoms with Crippen LogP contribution in [0.5, 0.6) is 0 Å². The van der Waals surface area contributed by atoms with Crippen molar-refractivity contribution >= 4 is 44.2 Å². The molecule has 1 aromatic rings. The van der Waals surface area contributed by atoms with Crippen molar-refractivity contribution in [3.8, 4) is 0 Å². The van der Waals surface area contributed by atoms with Gasteiger partial charge >= 0.3 is 6.09 Å². The Bertz CT molecular complexity index is 546. The third kappa shape index (κ3) is 3.04. The van der Waals surface area contributed by atoms with E-state index in [4.69, 9.17) is 10.9 Å². The highest BCUT2D eigenvalue weighted by Crippen LogP contribution is 2.22. The summed E-state index contributed by atoms with van der Waals surface area (Å²) in [6.45, 7) is 1.50. The smallest absolute Gasteiger partial charge is 0.426 e. The highest BCUT2D eigenvalue weighted by atomic mass is 127. The molecule has 0 unspecified atom stereocenters. The van der Waals surface area contributed by atoms with E-state index in [2.05, 4.69) is 4.98 Å². The highest BCUT2D eigenvalue weighted by molar-refractivity contribution is 14.1. The van der Waals surface area contributed by atoms with Gasteiger partial charge in [-0.05, 0) is 28.7 Å². The van der Waals surface area contributed by atoms with Gasteiger partial charge in [0.25, 0.3) is 0 Å². The molecule has 94 valence electrons. The molecule has 1 amide bonds. The summed E-state index contributed by atoms with van der Waals surface area (Å²) in [5, 5.41) is 9.08. The third-order valence-electron chi connectivity index (χ3n) is 1.97. The number of anilines is 1. The van der Waals surface area contributed by atoms with Crippen molar-refractivity contribution in [1.29, 1.82) is 0 Å². The highest BCUT2D eigenvalue weighted by Gasteiger charge is 2.18. The number of aromatic nitrogens is 1. The van der Waals surface area contributed by atoms with Crippen LogP contribution in [0.4, 0.5) is 10.5 Å². The SMILES string of the molecule is CCS(=O)(=O)c1cc(I)c(N(N)C(=O)O)cn1. The summed E-state index contributed by atoms with van der Waals surface area (Å²) < 4.78 is 23.5. The molecule has 1 rings (SSSR count). The maximum Gasteiger partial charge on any atom is 0.426 e. The van der Waals surface area contributed by atoms with E-state index in [1.165, 1.54) is 13.0 Å². The van der Waals surface area contributed by atoms with Gasteiger partial charge in [0.1, 0.15) is 0 Å². The molecule has 0 aliphatic heterocycles. The second-order valence-electron chi connectivity index (χ2n) is 3.03. The number of hydrogen-bond donors (Lipinski definition) is 2. The Morgan fingerprint density at radius 1 is 1.65 bits per heavy atom. The van der Waals surface area contributed by atoms with Crippen LogP contribution in [-0.4, -0.2) is 30.4 Å². The Labute approximate surface area is 112 Å². The van der Waals surface area contributed by atoms with Crippen molar-refractivity contribution in [1.82, 2.24) is 4.98 Å². The molecule has 0 aromatic carbocycles. The fourth-order valence-electron chi connectivity index (χ4n) is 1.00. The molecule has 0 fully saturated rings. The number of halogens is 1. The standard InChI is InChI=1S/C8H10IN3O4S/c1-2-17(15,16)7-3-5(9)6(4-11-7)12(10)8(13)14/h3-4H,2,10H2,1H3,(H,13,14). The molecule has 0 saturated carbocycles. The average Bonchev–Trinajstić information content (AvgIpc) is 2.27. The molecule has 1 heterocycles. The zero-order valence-electron chi connectivity index (χ0n) is 8.79. The molecule has 0 aliphatic rings. The monoisotopic (exact) mass is 371 g/mol. The Morgan fingerprint density at radius 3 is 2.65 bits per heavy atom. The zero-order valence-corrected chi connectivity index (χ0v) is 11.8. The first-order chi connectivity index (χ1) is 7.79. The van der Waals surface area contributed by atoms with Gasteiger partial charge in [0.05, 0.1) is 17.6 Å². The molecule has 0 radical (unpaired) electrons. The summed E-state index contributed by atoms with van der Waals surface area (Å²) in [6.07, 6.45) is -0.228. The molecular weight excluding hydrogens is 361 g/mol. The van der Waals surface area contributed by atoms with Crippen LogP contribution in [0.15, 0.2) is 17.3 Å². The van der Waals surface area contributed by atoms with E-state index < -0.39 is 15.9 Å². The average molecular weight is 371 g/mol. The van der Waals surface area contributed by atoms with Crippen LogP contribution in [0.3, 0.4) is 0 Å². The minimum atomic E-state index is -3.41. The van der Waals surface area contributed by atoms with E-state index in [9.17, 15) is 13.2 Å². The molecule has 0 bridgehead atoms. The Balaban J connectivity index is 3.24. The van der Waals surface area contributed by atoms with Gasteiger partial charge in [-0.1, -0.05) is 6.92 Å². The van der Waals surface area contributed by atoms with Crippen LogP contribution >= 0.6 is 22.6 Å². The first-order valence-corrected chi connectivity index (χ1v) is 7.18. The van der Waals surface area contributed by atoms with Crippen molar-refractivity contribution in [3.63, 3.8) is 0 Å². The van der Waals surface area contributed by atoms with Crippen molar-refractivity contribution in [2.75, 3.05) is 10.8 Å². The molecule has 0 saturated heterocycles. The number of carboxylic acid groups (broad SMARTS) is 1. The molecule has 7 nitrogen and oxygen atoms in total. The third-order valence-corrected chi connectivity index (χ3v) is 4.46. The van der Waals surface area contributed by atoms with Gasteiger partial charge in [-0.25, -0.2) is 29.0 Å². The molecule has 9 heteroatoms. The lowest BCUT2D eigenvalue weighted by Crippen LogP contribution is -2.36. The molecular formula is C8H10IN3O4S. The lowest BCUT2D eigenvalue weighted by atomic mass is 10.4. The molecule has 1 aromatic heterocycles.